The number of carbonyl (C=O) groups excluding carboxylic acids is 1. The second-order valence-corrected chi connectivity index (χ2v) is 7.68. The highest BCUT2D eigenvalue weighted by molar-refractivity contribution is 5.85. The van der Waals surface area contributed by atoms with Gasteiger partial charge in [0.25, 0.3) is 5.91 Å². The summed E-state index contributed by atoms with van der Waals surface area (Å²) in [7, 11) is 0. The van der Waals surface area contributed by atoms with Crippen LogP contribution in [0.15, 0.2) is 24.3 Å². The van der Waals surface area contributed by atoms with E-state index in [9.17, 15) is 4.79 Å². The minimum Gasteiger partial charge on any atom is -0.484 e. The van der Waals surface area contributed by atoms with E-state index in [4.69, 9.17) is 4.74 Å². The minimum atomic E-state index is -0.230. The maximum atomic E-state index is 11.7. The molecule has 1 aromatic carbocycles. The van der Waals surface area contributed by atoms with Gasteiger partial charge in [-0.15, -0.1) is 12.4 Å². The molecule has 0 aliphatic heterocycles. The molecule has 1 aromatic rings. The maximum Gasteiger partial charge on any atom is 0.258 e. The van der Waals surface area contributed by atoms with Gasteiger partial charge in [-0.25, -0.2) is 0 Å². The van der Waals surface area contributed by atoms with Crippen LogP contribution in [0.3, 0.4) is 0 Å². The van der Waals surface area contributed by atoms with Crippen LogP contribution in [0.1, 0.15) is 71.8 Å². The predicted molar refractivity (Wildman–Crippen MR) is 112 cm³/mol. The third-order valence-electron chi connectivity index (χ3n) is 3.84. The fourth-order valence-corrected chi connectivity index (χ4v) is 2.57. The highest BCUT2D eigenvalue weighted by Crippen LogP contribution is 2.12. The molecule has 0 saturated carbocycles. The summed E-state index contributed by atoms with van der Waals surface area (Å²) in [6.07, 6.45) is 7.94. The molecular formula is C21H37ClN2O2. The van der Waals surface area contributed by atoms with Gasteiger partial charge in [-0.05, 0) is 51.4 Å². The monoisotopic (exact) mass is 384 g/mol. The second kappa shape index (κ2) is 13.9. The molecule has 0 saturated heterocycles. The van der Waals surface area contributed by atoms with Crippen molar-refractivity contribution in [3.05, 3.63) is 29.8 Å². The van der Waals surface area contributed by atoms with Crippen molar-refractivity contribution in [2.45, 2.75) is 78.3 Å². The topological polar surface area (TPSA) is 50.4 Å². The number of rotatable bonds is 12. The zero-order valence-electron chi connectivity index (χ0n) is 16.9. The van der Waals surface area contributed by atoms with Gasteiger partial charge >= 0.3 is 0 Å². The number of benzene rings is 1. The van der Waals surface area contributed by atoms with E-state index in [1.807, 2.05) is 45.0 Å². The lowest BCUT2D eigenvalue weighted by atomic mass is 10.1. The van der Waals surface area contributed by atoms with Crippen molar-refractivity contribution in [2.24, 2.45) is 0 Å². The molecule has 26 heavy (non-hydrogen) atoms. The number of unbranched alkanes of at least 4 members (excludes halogenated alkanes) is 5. The summed E-state index contributed by atoms with van der Waals surface area (Å²) in [6, 6.07) is 7.94. The molecule has 150 valence electrons. The van der Waals surface area contributed by atoms with Gasteiger partial charge in [0.2, 0.25) is 0 Å². The molecule has 0 spiro atoms. The van der Waals surface area contributed by atoms with Crippen molar-refractivity contribution in [3.8, 4) is 5.75 Å². The molecule has 0 heterocycles. The third kappa shape index (κ3) is 13.0. The Morgan fingerprint density at radius 2 is 1.62 bits per heavy atom. The second-order valence-electron chi connectivity index (χ2n) is 7.68. The average molecular weight is 385 g/mol. The van der Waals surface area contributed by atoms with Crippen molar-refractivity contribution in [2.75, 3.05) is 13.2 Å². The van der Waals surface area contributed by atoms with E-state index in [0.717, 1.165) is 18.8 Å². The smallest absolute Gasteiger partial charge is 0.258 e. The summed E-state index contributed by atoms with van der Waals surface area (Å²) in [5.41, 5.74) is 1.00. The van der Waals surface area contributed by atoms with Crippen LogP contribution in [0.25, 0.3) is 0 Å². The number of halogens is 1. The summed E-state index contributed by atoms with van der Waals surface area (Å²) < 4.78 is 5.53. The summed E-state index contributed by atoms with van der Waals surface area (Å²) in [5, 5.41) is 6.37. The Labute approximate surface area is 165 Å². The van der Waals surface area contributed by atoms with Crippen LogP contribution < -0.4 is 15.4 Å². The molecule has 0 radical (unpaired) electrons. The van der Waals surface area contributed by atoms with Crippen LogP contribution in [0.5, 0.6) is 5.75 Å². The Hall–Kier alpha value is -1.26. The zero-order valence-corrected chi connectivity index (χ0v) is 17.7. The Bertz CT molecular complexity index is 484. The first kappa shape index (κ1) is 24.7. The molecule has 0 fully saturated rings. The highest BCUT2D eigenvalue weighted by atomic mass is 35.5. The number of amides is 1. The van der Waals surface area contributed by atoms with Gasteiger partial charge in [-0.1, -0.05) is 51.2 Å². The standard InChI is InChI=1S/C21H36N2O2.ClH/c1-5-6-7-8-9-10-15-22-16-18-11-13-19(14-12-18)25-17-20(24)23-21(2,3)4;/h11-14,22H,5-10,15-17H2,1-4H3,(H,23,24);1H. The highest BCUT2D eigenvalue weighted by Gasteiger charge is 2.13. The van der Waals surface area contributed by atoms with Crippen molar-refractivity contribution in [1.82, 2.24) is 10.6 Å². The average Bonchev–Trinajstić information content (AvgIpc) is 2.55. The third-order valence-corrected chi connectivity index (χ3v) is 3.84. The summed E-state index contributed by atoms with van der Waals surface area (Å²) in [4.78, 5) is 11.7. The number of carbonyl (C=O) groups is 1. The molecule has 0 atom stereocenters. The van der Waals surface area contributed by atoms with Gasteiger partial charge in [0.15, 0.2) is 6.61 Å². The molecule has 1 amide bonds. The minimum absolute atomic E-state index is 0. The van der Waals surface area contributed by atoms with E-state index in [-0.39, 0.29) is 30.5 Å². The van der Waals surface area contributed by atoms with Crippen LogP contribution in [0, 0.1) is 0 Å². The Morgan fingerprint density at radius 1 is 1.00 bits per heavy atom. The van der Waals surface area contributed by atoms with Gasteiger partial charge in [0.1, 0.15) is 5.75 Å². The van der Waals surface area contributed by atoms with Crippen molar-refractivity contribution >= 4 is 18.3 Å². The maximum absolute atomic E-state index is 11.7. The first-order chi connectivity index (χ1) is 11.9. The van der Waals surface area contributed by atoms with Crippen molar-refractivity contribution in [3.63, 3.8) is 0 Å². The SMILES string of the molecule is CCCCCCCCNCc1ccc(OCC(=O)NC(C)(C)C)cc1.Cl. The van der Waals surface area contributed by atoms with E-state index >= 15 is 0 Å². The molecule has 0 aliphatic carbocycles. The van der Waals surface area contributed by atoms with Crippen LogP contribution >= 0.6 is 12.4 Å². The van der Waals surface area contributed by atoms with Gasteiger partial charge in [-0.3, -0.25) is 4.79 Å². The number of hydrogen-bond donors (Lipinski definition) is 2. The number of hydrogen-bond acceptors (Lipinski definition) is 3. The number of nitrogens with one attached hydrogen (secondary N) is 2. The molecule has 0 unspecified atom stereocenters. The Kier molecular flexibility index (Phi) is 13.2. The first-order valence-electron chi connectivity index (χ1n) is 9.64. The molecule has 0 aromatic heterocycles. The summed E-state index contributed by atoms with van der Waals surface area (Å²) in [5.74, 6) is 0.626. The largest absolute Gasteiger partial charge is 0.484 e. The van der Waals surface area contributed by atoms with Crippen LogP contribution in [-0.4, -0.2) is 24.6 Å². The lowest BCUT2D eigenvalue weighted by molar-refractivity contribution is -0.124. The zero-order chi connectivity index (χ0) is 18.5. The van der Waals surface area contributed by atoms with Gasteiger partial charge in [0, 0.05) is 12.1 Å². The molecule has 5 heteroatoms. The first-order valence-corrected chi connectivity index (χ1v) is 9.64. The van der Waals surface area contributed by atoms with Gasteiger partial charge in [-0.2, -0.15) is 0 Å². The Balaban J connectivity index is 0.00000625. The Morgan fingerprint density at radius 3 is 2.23 bits per heavy atom. The van der Waals surface area contributed by atoms with Gasteiger partial charge in [0.05, 0.1) is 0 Å². The van der Waals surface area contributed by atoms with Crippen molar-refractivity contribution < 1.29 is 9.53 Å². The van der Waals surface area contributed by atoms with Crippen molar-refractivity contribution in [1.29, 1.82) is 0 Å². The van der Waals surface area contributed by atoms with E-state index in [1.54, 1.807) is 0 Å². The molecule has 0 bridgehead atoms. The molecular weight excluding hydrogens is 348 g/mol. The summed E-state index contributed by atoms with van der Waals surface area (Å²) in [6.45, 7) is 10.1. The van der Waals surface area contributed by atoms with E-state index in [0.29, 0.717) is 0 Å². The molecule has 1 rings (SSSR count). The number of ether oxygens (including phenoxy) is 1. The quantitative estimate of drug-likeness (QED) is 0.506. The lowest BCUT2D eigenvalue weighted by Gasteiger charge is -2.20. The fourth-order valence-electron chi connectivity index (χ4n) is 2.57. The molecule has 4 nitrogen and oxygen atoms in total. The molecule has 0 aliphatic rings. The van der Waals surface area contributed by atoms with E-state index < -0.39 is 0 Å². The van der Waals surface area contributed by atoms with E-state index in [1.165, 1.54) is 44.1 Å². The lowest BCUT2D eigenvalue weighted by Crippen LogP contribution is -2.43. The fraction of sp³-hybridized carbons (Fsp3) is 0.667. The van der Waals surface area contributed by atoms with Gasteiger partial charge < -0.3 is 15.4 Å². The predicted octanol–water partition coefficient (Wildman–Crippen LogP) is 4.85. The summed E-state index contributed by atoms with van der Waals surface area (Å²) >= 11 is 0. The van der Waals surface area contributed by atoms with E-state index in [2.05, 4.69) is 17.6 Å². The van der Waals surface area contributed by atoms with Crippen LogP contribution in [0.2, 0.25) is 0 Å². The normalized spacial score (nSPS) is 10.9. The van der Waals surface area contributed by atoms with Crippen LogP contribution in [-0.2, 0) is 11.3 Å². The van der Waals surface area contributed by atoms with Crippen LogP contribution in [0.4, 0.5) is 0 Å². The molecule has 2 N–H and O–H groups in total.